The number of halogens is 2. The van der Waals surface area contributed by atoms with Crippen molar-refractivity contribution in [2.45, 2.75) is 25.9 Å². The van der Waals surface area contributed by atoms with Crippen LogP contribution in [0.1, 0.15) is 17.7 Å². The monoisotopic (exact) mass is 265 g/mol. The molecule has 0 saturated carbocycles. The number of nitrogens with zero attached hydrogens (tertiary/aromatic N) is 1. The molecule has 1 aliphatic carbocycles. The van der Waals surface area contributed by atoms with Crippen LogP contribution in [-0.4, -0.2) is 11.6 Å². The van der Waals surface area contributed by atoms with E-state index in [4.69, 9.17) is 5.84 Å². The average Bonchev–Trinajstić information content (AvgIpc) is 2.83. The summed E-state index contributed by atoms with van der Waals surface area (Å²) in [4.78, 5) is 4.55. The number of hydrogen-bond donors (Lipinski definition) is 2. The smallest absolute Gasteiger partial charge is 0.387 e. The van der Waals surface area contributed by atoms with E-state index in [1.807, 2.05) is 0 Å². The number of alkyl halides is 2. The van der Waals surface area contributed by atoms with Crippen molar-refractivity contribution in [2.24, 2.45) is 5.84 Å². The molecule has 100 valence electrons. The van der Waals surface area contributed by atoms with Crippen molar-refractivity contribution < 1.29 is 13.5 Å². The second-order valence-electron chi connectivity index (χ2n) is 4.47. The van der Waals surface area contributed by atoms with Crippen LogP contribution in [0.15, 0.2) is 18.2 Å². The minimum absolute atomic E-state index is 0.110. The highest BCUT2D eigenvalue weighted by atomic mass is 19.3. The quantitative estimate of drug-likeness (QED) is 0.661. The molecule has 1 aliphatic rings. The van der Waals surface area contributed by atoms with Crippen molar-refractivity contribution in [3.05, 3.63) is 29.5 Å². The Morgan fingerprint density at radius 2 is 2.16 bits per heavy atom. The molecule has 0 aliphatic heterocycles. The number of nitrogens with two attached hydrogens (primary N) is 1. The van der Waals surface area contributed by atoms with Crippen molar-refractivity contribution in [1.29, 1.82) is 0 Å². The zero-order valence-electron chi connectivity index (χ0n) is 10.1. The summed E-state index contributed by atoms with van der Waals surface area (Å²) in [5.41, 5.74) is 6.26. The highest BCUT2D eigenvalue weighted by molar-refractivity contribution is 5.94. The van der Waals surface area contributed by atoms with E-state index in [1.54, 1.807) is 12.1 Å². The first-order valence-electron chi connectivity index (χ1n) is 6.06. The third-order valence-electron chi connectivity index (χ3n) is 3.35. The molecule has 0 saturated heterocycles. The summed E-state index contributed by atoms with van der Waals surface area (Å²) in [7, 11) is 0. The number of anilines is 1. The van der Waals surface area contributed by atoms with E-state index in [2.05, 4.69) is 15.1 Å². The van der Waals surface area contributed by atoms with E-state index in [9.17, 15) is 8.78 Å². The number of pyridine rings is 1. The molecule has 0 bridgehead atoms. The Balaban J connectivity index is 2.18. The molecule has 3 N–H and O–H groups in total. The summed E-state index contributed by atoms with van der Waals surface area (Å²) < 4.78 is 28.9. The van der Waals surface area contributed by atoms with Crippen LogP contribution >= 0.6 is 0 Å². The van der Waals surface area contributed by atoms with Gasteiger partial charge in [-0.25, -0.2) is 0 Å². The fourth-order valence-corrected chi connectivity index (χ4v) is 2.58. The summed E-state index contributed by atoms with van der Waals surface area (Å²) in [6.07, 6.45) is 2.86. The van der Waals surface area contributed by atoms with Gasteiger partial charge < -0.3 is 10.2 Å². The average molecular weight is 265 g/mol. The van der Waals surface area contributed by atoms with E-state index >= 15 is 0 Å². The fraction of sp³-hybridized carbons (Fsp3) is 0.308. The van der Waals surface area contributed by atoms with Gasteiger partial charge in [0.15, 0.2) is 0 Å². The van der Waals surface area contributed by atoms with Gasteiger partial charge in [-0.3, -0.25) is 10.8 Å². The Morgan fingerprint density at radius 1 is 1.32 bits per heavy atom. The van der Waals surface area contributed by atoms with Gasteiger partial charge in [-0.05, 0) is 43.0 Å². The molecular formula is C13H13F2N3O. The van der Waals surface area contributed by atoms with Crippen molar-refractivity contribution in [3.63, 3.8) is 0 Å². The van der Waals surface area contributed by atoms with Gasteiger partial charge in [0, 0.05) is 11.1 Å². The standard InChI is InChI=1S/C13H13F2N3O/c14-13(15)19-7-4-5-11-9(6-7)12(18-16)8-2-1-3-10(8)17-11/h4-6,13H,1-3,16H2,(H,17,18). The van der Waals surface area contributed by atoms with Gasteiger partial charge in [-0.2, -0.15) is 8.78 Å². The molecule has 3 rings (SSSR count). The SMILES string of the molecule is NNc1c2c(nc3ccc(OC(F)F)cc13)CCC2. The third kappa shape index (κ3) is 2.08. The second kappa shape index (κ2) is 4.62. The van der Waals surface area contributed by atoms with Gasteiger partial charge in [-0.15, -0.1) is 0 Å². The number of ether oxygens (including phenoxy) is 1. The molecule has 0 amide bonds. The lowest BCUT2D eigenvalue weighted by molar-refractivity contribution is -0.0497. The molecule has 1 aromatic carbocycles. The fourth-order valence-electron chi connectivity index (χ4n) is 2.58. The summed E-state index contributed by atoms with van der Waals surface area (Å²) >= 11 is 0. The minimum Gasteiger partial charge on any atom is -0.435 e. The number of aromatic nitrogens is 1. The highest BCUT2D eigenvalue weighted by Gasteiger charge is 2.19. The van der Waals surface area contributed by atoms with Crippen LogP contribution in [0, 0.1) is 0 Å². The van der Waals surface area contributed by atoms with E-state index in [1.165, 1.54) is 6.07 Å². The van der Waals surface area contributed by atoms with E-state index in [0.29, 0.717) is 5.39 Å². The number of hydrogen-bond acceptors (Lipinski definition) is 4. The summed E-state index contributed by atoms with van der Waals surface area (Å²) in [5.74, 6) is 5.68. The largest absolute Gasteiger partial charge is 0.435 e. The first-order valence-corrected chi connectivity index (χ1v) is 6.06. The highest BCUT2D eigenvalue weighted by Crippen LogP contribution is 2.35. The van der Waals surface area contributed by atoms with Gasteiger partial charge in [0.25, 0.3) is 0 Å². The Hall–Kier alpha value is -1.95. The van der Waals surface area contributed by atoms with Crippen LogP contribution < -0.4 is 16.0 Å². The van der Waals surface area contributed by atoms with Crippen molar-refractivity contribution in [1.82, 2.24) is 4.98 Å². The lowest BCUT2D eigenvalue weighted by Crippen LogP contribution is -2.11. The van der Waals surface area contributed by atoms with E-state index in [0.717, 1.165) is 41.7 Å². The van der Waals surface area contributed by atoms with Crippen LogP contribution in [0.3, 0.4) is 0 Å². The second-order valence-corrected chi connectivity index (χ2v) is 4.47. The van der Waals surface area contributed by atoms with Gasteiger partial charge >= 0.3 is 6.61 Å². The summed E-state index contributed by atoms with van der Waals surface area (Å²) in [6, 6.07) is 4.71. The van der Waals surface area contributed by atoms with Crippen LogP contribution in [-0.2, 0) is 12.8 Å². The molecule has 0 atom stereocenters. The first kappa shape index (κ1) is 12.1. The number of benzene rings is 1. The maximum absolute atomic E-state index is 12.2. The Kier molecular flexibility index (Phi) is 2.94. The Bertz CT molecular complexity index is 631. The topological polar surface area (TPSA) is 60.2 Å². The molecule has 6 heteroatoms. The summed E-state index contributed by atoms with van der Waals surface area (Å²) in [6.45, 7) is -2.84. The van der Waals surface area contributed by atoms with Gasteiger partial charge in [-0.1, -0.05) is 0 Å². The van der Waals surface area contributed by atoms with Gasteiger partial charge in [0.05, 0.1) is 11.2 Å². The van der Waals surface area contributed by atoms with Crippen molar-refractivity contribution in [3.8, 4) is 5.75 Å². The molecule has 2 aromatic rings. The third-order valence-corrected chi connectivity index (χ3v) is 3.35. The summed E-state index contributed by atoms with van der Waals surface area (Å²) in [5, 5.41) is 0.710. The van der Waals surface area contributed by atoms with Gasteiger partial charge in [0.2, 0.25) is 0 Å². The predicted octanol–water partition coefficient (Wildman–Crippen LogP) is 2.61. The number of rotatable bonds is 3. The lowest BCUT2D eigenvalue weighted by Gasteiger charge is -2.13. The Morgan fingerprint density at radius 3 is 2.89 bits per heavy atom. The maximum Gasteiger partial charge on any atom is 0.387 e. The molecule has 4 nitrogen and oxygen atoms in total. The Labute approximate surface area is 108 Å². The van der Waals surface area contributed by atoms with Crippen LogP contribution in [0.25, 0.3) is 10.9 Å². The minimum atomic E-state index is -2.84. The molecular weight excluding hydrogens is 252 g/mol. The molecule has 1 heterocycles. The number of hydrazine groups is 1. The number of aryl methyl sites for hydroxylation is 1. The molecule has 0 spiro atoms. The normalized spacial score (nSPS) is 13.9. The van der Waals surface area contributed by atoms with Crippen LogP contribution in [0.4, 0.5) is 14.5 Å². The van der Waals surface area contributed by atoms with Crippen LogP contribution in [0.2, 0.25) is 0 Å². The molecule has 0 radical (unpaired) electrons. The molecule has 19 heavy (non-hydrogen) atoms. The number of nitrogens with one attached hydrogen (secondary N) is 1. The van der Waals surface area contributed by atoms with E-state index in [-0.39, 0.29) is 5.75 Å². The molecule has 0 fully saturated rings. The lowest BCUT2D eigenvalue weighted by atomic mass is 10.1. The van der Waals surface area contributed by atoms with E-state index < -0.39 is 6.61 Å². The van der Waals surface area contributed by atoms with Gasteiger partial charge in [0.1, 0.15) is 5.75 Å². The van der Waals surface area contributed by atoms with Crippen molar-refractivity contribution >= 4 is 16.6 Å². The zero-order valence-corrected chi connectivity index (χ0v) is 10.1. The molecule has 0 unspecified atom stereocenters. The zero-order chi connectivity index (χ0) is 13.4. The number of nitrogen functional groups attached to an aromatic ring is 1. The van der Waals surface area contributed by atoms with Crippen LogP contribution in [0.5, 0.6) is 5.75 Å². The molecule has 1 aromatic heterocycles. The number of fused-ring (bicyclic) bond motifs is 2. The first-order chi connectivity index (χ1) is 9.19. The van der Waals surface area contributed by atoms with Crippen molar-refractivity contribution in [2.75, 3.05) is 5.43 Å². The predicted molar refractivity (Wildman–Crippen MR) is 68.2 cm³/mol. The maximum atomic E-state index is 12.2.